The number of fused-ring (bicyclic) bond motifs is 1. The minimum Gasteiger partial charge on any atom is -0.490 e. The highest BCUT2D eigenvalue weighted by Gasteiger charge is 2.43. The zero-order valence-corrected chi connectivity index (χ0v) is 12.0. The Bertz CT molecular complexity index is 522. The summed E-state index contributed by atoms with van der Waals surface area (Å²) in [6, 6.07) is 4.22. The van der Waals surface area contributed by atoms with Crippen molar-refractivity contribution < 1.29 is 26.9 Å². The van der Waals surface area contributed by atoms with E-state index in [9.17, 15) is 17.4 Å². The maximum absolute atomic E-state index is 12.9. The molecule has 2 N–H and O–H groups in total. The number of ether oxygens (including phenoxy) is 2. The van der Waals surface area contributed by atoms with Gasteiger partial charge in [-0.25, -0.2) is 0 Å². The third-order valence-electron chi connectivity index (χ3n) is 3.00. The summed E-state index contributed by atoms with van der Waals surface area (Å²) in [7, 11) is -2.23. The van der Waals surface area contributed by atoms with Gasteiger partial charge in [-0.3, -0.25) is 4.21 Å². The molecule has 2 rings (SSSR count). The molecule has 1 aromatic rings. The Hall–Kier alpha value is -1.28. The molecule has 21 heavy (non-hydrogen) atoms. The maximum atomic E-state index is 12.9. The van der Waals surface area contributed by atoms with Crippen molar-refractivity contribution >= 4 is 10.8 Å². The second kappa shape index (κ2) is 6.65. The normalized spacial score (nSPS) is 17.9. The van der Waals surface area contributed by atoms with E-state index in [4.69, 9.17) is 15.2 Å². The number of rotatable bonds is 4. The summed E-state index contributed by atoms with van der Waals surface area (Å²) in [5.74, 6) is 0.780. The monoisotopic (exact) mass is 323 g/mol. The minimum absolute atomic E-state index is 0.0648. The molecule has 0 bridgehead atoms. The van der Waals surface area contributed by atoms with Gasteiger partial charge in [0.15, 0.2) is 11.5 Å². The van der Waals surface area contributed by atoms with Crippen LogP contribution in [0.5, 0.6) is 11.5 Å². The van der Waals surface area contributed by atoms with E-state index in [-0.39, 0.29) is 17.9 Å². The molecule has 1 aliphatic heterocycles. The van der Waals surface area contributed by atoms with E-state index in [1.165, 1.54) is 18.2 Å². The Morgan fingerprint density at radius 3 is 2.52 bits per heavy atom. The molecule has 118 valence electrons. The molecule has 0 saturated carbocycles. The van der Waals surface area contributed by atoms with Gasteiger partial charge in [-0.1, -0.05) is 0 Å². The van der Waals surface area contributed by atoms with E-state index in [1.54, 1.807) is 0 Å². The Labute approximate surface area is 122 Å². The summed E-state index contributed by atoms with van der Waals surface area (Å²) in [4.78, 5) is 0.0648. The first-order valence-corrected chi connectivity index (χ1v) is 7.72. The number of nitrogens with two attached hydrogens (primary N) is 1. The first kappa shape index (κ1) is 16.1. The lowest BCUT2D eigenvalue weighted by molar-refractivity contribution is -0.130. The van der Waals surface area contributed by atoms with Gasteiger partial charge >= 0.3 is 6.18 Å². The van der Waals surface area contributed by atoms with Crippen LogP contribution < -0.4 is 15.2 Å². The van der Waals surface area contributed by atoms with Gasteiger partial charge in [-0.05, 0) is 25.1 Å². The number of halogens is 3. The Morgan fingerprint density at radius 1 is 1.24 bits per heavy atom. The predicted molar refractivity (Wildman–Crippen MR) is 72.0 cm³/mol. The SMILES string of the molecule is NCCC(S(=O)c1ccc2c(c1)OCCCO2)C(F)(F)F. The van der Waals surface area contributed by atoms with Crippen molar-refractivity contribution in [3.63, 3.8) is 0 Å². The molecule has 0 spiro atoms. The van der Waals surface area contributed by atoms with E-state index >= 15 is 0 Å². The summed E-state index contributed by atoms with van der Waals surface area (Å²) in [6.07, 6.45) is -4.26. The third-order valence-corrected chi connectivity index (χ3v) is 4.74. The maximum Gasteiger partial charge on any atom is 0.403 e. The highest BCUT2D eigenvalue weighted by Crippen LogP contribution is 2.35. The van der Waals surface area contributed by atoms with Crippen LogP contribution in [0.2, 0.25) is 0 Å². The van der Waals surface area contributed by atoms with Gasteiger partial charge in [0.05, 0.1) is 24.0 Å². The zero-order chi connectivity index (χ0) is 15.5. The summed E-state index contributed by atoms with van der Waals surface area (Å²) in [6.45, 7) is 0.711. The fourth-order valence-corrected chi connectivity index (χ4v) is 3.32. The molecule has 1 heterocycles. The number of hydrogen-bond acceptors (Lipinski definition) is 4. The number of hydrogen-bond donors (Lipinski definition) is 1. The molecule has 0 aliphatic carbocycles. The topological polar surface area (TPSA) is 61.6 Å². The van der Waals surface area contributed by atoms with Crippen LogP contribution in [0.25, 0.3) is 0 Å². The lowest BCUT2D eigenvalue weighted by Crippen LogP contribution is -2.35. The fourth-order valence-electron chi connectivity index (χ4n) is 1.98. The quantitative estimate of drug-likeness (QED) is 0.923. The second-order valence-electron chi connectivity index (χ2n) is 4.56. The van der Waals surface area contributed by atoms with E-state index in [1.807, 2.05) is 0 Å². The lowest BCUT2D eigenvalue weighted by atomic mass is 10.3. The van der Waals surface area contributed by atoms with Gasteiger partial charge in [0.2, 0.25) is 0 Å². The van der Waals surface area contributed by atoms with Crippen molar-refractivity contribution in [3.8, 4) is 11.5 Å². The minimum atomic E-state index is -4.56. The summed E-state index contributed by atoms with van der Waals surface area (Å²) < 4.78 is 61.8. The molecule has 4 nitrogen and oxygen atoms in total. The van der Waals surface area contributed by atoms with E-state index in [2.05, 4.69) is 0 Å². The van der Waals surface area contributed by atoms with Crippen LogP contribution in [0.3, 0.4) is 0 Å². The van der Waals surface area contributed by atoms with Gasteiger partial charge in [0.25, 0.3) is 0 Å². The third kappa shape index (κ3) is 3.88. The van der Waals surface area contributed by atoms with Gasteiger partial charge in [0, 0.05) is 17.4 Å². The van der Waals surface area contributed by atoms with E-state index in [0.29, 0.717) is 31.1 Å². The molecule has 1 aliphatic rings. The molecular formula is C13H16F3NO3S. The fraction of sp³-hybridized carbons (Fsp3) is 0.538. The van der Waals surface area contributed by atoms with Crippen molar-refractivity contribution in [3.05, 3.63) is 18.2 Å². The summed E-state index contributed by atoms with van der Waals surface area (Å²) in [5.41, 5.74) is 5.19. The van der Waals surface area contributed by atoms with Gasteiger partial charge in [-0.2, -0.15) is 13.2 Å². The molecule has 0 fully saturated rings. The Morgan fingerprint density at radius 2 is 1.90 bits per heavy atom. The first-order valence-electron chi connectivity index (χ1n) is 6.50. The van der Waals surface area contributed by atoms with Crippen LogP contribution in [-0.2, 0) is 10.8 Å². The van der Waals surface area contributed by atoms with E-state index in [0.717, 1.165) is 0 Å². The van der Waals surface area contributed by atoms with Crippen molar-refractivity contribution in [2.75, 3.05) is 19.8 Å². The van der Waals surface area contributed by atoms with Gasteiger partial charge < -0.3 is 15.2 Å². The van der Waals surface area contributed by atoms with E-state index < -0.39 is 22.2 Å². The molecule has 0 amide bonds. The molecule has 1 aromatic carbocycles. The number of alkyl halides is 3. The highest BCUT2D eigenvalue weighted by molar-refractivity contribution is 7.85. The standard InChI is InChI=1S/C13H16F3NO3S/c14-13(15,16)12(4-5-17)21(18)9-2-3-10-11(8-9)20-7-1-6-19-10/h2-3,8,12H,1,4-7,17H2. The summed E-state index contributed by atoms with van der Waals surface area (Å²) in [5, 5.41) is -1.98. The van der Waals surface area contributed by atoms with Crippen molar-refractivity contribution in [2.24, 2.45) is 5.73 Å². The average Bonchev–Trinajstić information content (AvgIpc) is 2.67. The number of benzene rings is 1. The van der Waals surface area contributed by atoms with Crippen LogP contribution in [0.4, 0.5) is 13.2 Å². The smallest absolute Gasteiger partial charge is 0.403 e. The largest absolute Gasteiger partial charge is 0.490 e. The predicted octanol–water partition coefficient (Wildman–Crippen LogP) is 2.24. The summed E-state index contributed by atoms with van der Waals surface area (Å²) >= 11 is 0. The van der Waals surface area contributed by atoms with Gasteiger partial charge in [0.1, 0.15) is 5.25 Å². The highest BCUT2D eigenvalue weighted by atomic mass is 32.2. The van der Waals surface area contributed by atoms with Crippen molar-refractivity contribution in [2.45, 2.75) is 29.2 Å². The molecular weight excluding hydrogens is 307 g/mol. The molecule has 8 heteroatoms. The van der Waals surface area contributed by atoms with Crippen molar-refractivity contribution in [1.29, 1.82) is 0 Å². The Balaban J connectivity index is 2.28. The molecule has 0 radical (unpaired) electrons. The molecule has 2 unspecified atom stereocenters. The molecule has 2 atom stereocenters. The second-order valence-corrected chi connectivity index (χ2v) is 6.20. The average molecular weight is 323 g/mol. The molecule has 0 aromatic heterocycles. The van der Waals surface area contributed by atoms with Crippen LogP contribution >= 0.6 is 0 Å². The van der Waals surface area contributed by atoms with Crippen molar-refractivity contribution in [1.82, 2.24) is 0 Å². The van der Waals surface area contributed by atoms with Crippen LogP contribution in [0.15, 0.2) is 23.1 Å². The van der Waals surface area contributed by atoms with Gasteiger partial charge in [-0.15, -0.1) is 0 Å². The lowest BCUT2D eigenvalue weighted by Gasteiger charge is -2.19. The van der Waals surface area contributed by atoms with Crippen LogP contribution in [0.1, 0.15) is 12.8 Å². The first-order chi connectivity index (χ1) is 9.93. The molecule has 0 saturated heterocycles. The zero-order valence-electron chi connectivity index (χ0n) is 11.2. The van der Waals surface area contributed by atoms with Crippen LogP contribution in [-0.4, -0.2) is 35.4 Å². The Kier molecular flexibility index (Phi) is 5.10. The van der Waals surface area contributed by atoms with Crippen LogP contribution in [0, 0.1) is 0 Å².